The molecule has 0 saturated heterocycles. The summed E-state index contributed by atoms with van der Waals surface area (Å²) in [6.45, 7) is 0.214. The Morgan fingerprint density at radius 1 is 1.38 bits per heavy atom. The van der Waals surface area contributed by atoms with Crippen LogP contribution in [0.15, 0.2) is 42.7 Å². The second-order valence-electron chi connectivity index (χ2n) is 4.29. The van der Waals surface area contributed by atoms with E-state index >= 15 is 0 Å². The Hall–Kier alpha value is -2.71. The Bertz CT molecular complexity index is 690. The van der Waals surface area contributed by atoms with Gasteiger partial charge in [-0.05, 0) is 29.8 Å². The molecule has 1 amide bonds. The van der Waals surface area contributed by atoms with Crippen molar-refractivity contribution in [3.8, 4) is 11.8 Å². The highest BCUT2D eigenvalue weighted by Gasteiger charge is 2.08. The third-order valence-corrected chi connectivity index (χ3v) is 2.67. The van der Waals surface area contributed by atoms with E-state index in [0.717, 1.165) is 5.56 Å². The lowest BCUT2D eigenvalue weighted by molar-refractivity contribution is -0.115. The number of nitrogens with zero attached hydrogens (tertiary/aromatic N) is 1. The average molecular weight is 283 g/mol. The Morgan fingerprint density at radius 2 is 2.24 bits per heavy atom. The van der Waals surface area contributed by atoms with Gasteiger partial charge in [0.2, 0.25) is 5.91 Å². The number of benzene rings is 1. The van der Waals surface area contributed by atoms with Crippen molar-refractivity contribution in [1.29, 1.82) is 0 Å². The molecular weight excluding hydrogens is 269 g/mol. The molecule has 5 heteroatoms. The van der Waals surface area contributed by atoms with Crippen LogP contribution in [0.4, 0.5) is 10.1 Å². The first-order valence-corrected chi connectivity index (χ1v) is 6.36. The maximum absolute atomic E-state index is 13.9. The third-order valence-electron chi connectivity index (χ3n) is 2.67. The molecule has 0 aliphatic carbocycles. The van der Waals surface area contributed by atoms with E-state index < -0.39 is 5.82 Å². The predicted molar refractivity (Wildman–Crippen MR) is 78.9 cm³/mol. The Morgan fingerprint density at radius 3 is 2.90 bits per heavy atom. The summed E-state index contributed by atoms with van der Waals surface area (Å²) in [6, 6.07) is 7.91. The molecule has 0 unspecified atom stereocenters. The second-order valence-corrected chi connectivity index (χ2v) is 4.29. The van der Waals surface area contributed by atoms with Gasteiger partial charge in [0.25, 0.3) is 0 Å². The van der Waals surface area contributed by atoms with Crippen molar-refractivity contribution in [1.82, 2.24) is 4.98 Å². The average Bonchev–Trinajstić information content (AvgIpc) is 2.48. The summed E-state index contributed by atoms with van der Waals surface area (Å²) in [7, 11) is 0. The van der Waals surface area contributed by atoms with Crippen LogP contribution in [0.25, 0.3) is 0 Å². The van der Waals surface area contributed by atoms with Gasteiger partial charge >= 0.3 is 0 Å². The van der Waals surface area contributed by atoms with Gasteiger partial charge in [-0.1, -0.05) is 17.9 Å². The fourth-order valence-electron chi connectivity index (χ4n) is 1.73. The number of hydrogen-bond acceptors (Lipinski definition) is 3. The Kier molecular flexibility index (Phi) is 5.02. The molecule has 0 bridgehead atoms. The second kappa shape index (κ2) is 7.17. The van der Waals surface area contributed by atoms with Gasteiger partial charge in [0.15, 0.2) is 0 Å². The number of rotatable bonds is 3. The minimum atomic E-state index is -0.529. The molecule has 3 N–H and O–H groups in total. The number of pyridine rings is 1. The lowest BCUT2D eigenvalue weighted by Gasteiger charge is -2.06. The van der Waals surface area contributed by atoms with Crippen LogP contribution in [0, 0.1) is 17.7 Å². The van der Waals surface area contributed by atoms with Crippen molar-refractivity contribution in [2.75, 3.05) is 11.9 Å². The fourth-order valence-corrected chi connectivity index (χ4v) is 1.73. The zero-order valence-electron chi connectivity index (χ0n) is 11.3. The van der Waals surface area contributed by atoms with Crippen LogP contribution in [0.3, 0.4) is 0 Å². The smallest absolute Gasteiger partial charge is 0.228 e. The highest BCUT2D eigenvalue weighted by molar-refractivity contribution is 5.92. The van der Waals surface area contributed by atoms with Crippen molar-refractivity contribution < 1.29 is 9.18 Å². The van der Waals surface area contributed by atoms with Crippen LogP contribution < -0.4 is 11.1 Å². The van der Waals surface area contributed by atoms with Crippen molar-refractivity contribution in [3.05, 3.63) is 59.7 Å². The largest absolute Gasteiger partial charge is 0.323 e. The molecule has 0 aliphatic rings. The molecule has 0 saturated carbocycles. The van der Waals surface area contributed by atoms with E-state index in [9.17, 15) is 9.18 Å². The topological polar surface area (TPSA) is 68.0 Å². The molecule has 1 heterocycles. The van der Waals surface area contributed by atoms with E-state index in [2.05, 4.69) is 22.1 Å². The lowest BCUT2D eigenvalue weighted by Crippen LogP contribution is -2.15. The van der Waals surface area contributed by atoms with Crippen molar-refractivity contribution in [2.24, 2.45) is 5.73 Å². The van der Waals surface area contributed by atoms with Crippen LogP contribution in [0.5, 0.6) is 0 Å². The first-order chi connectivity index (χ1) is 10.2. The monoisotopic (exact) mass is 283 g/mol. The molecule has 1 aromatic heterocycles. The maximum Gasteiger partial charge on any atom is 0.228 e. The molecule has 0 atom stereocenters. The number of nitrogens with one attached hydrogen (secondary N) is 1. The fraction of sp³-hybridized carbons (Fsp3) is 0.125. The summed E-state index contributed by atoms with van der Waals surface area (Å²) in [4.78, 5) is 15.8. The summed E-state index contributed by atoms with van der Waals surface area (Å²) in [5, 5.41) is 2.53. The van der Waals surface area contributed by atoms with E-state index in [1.165, 1.54) is 12.1 Å². The minimum Gasteiger partial charge on any atom is -0.323 e. The maximum atomic E-state index is 13.9. The number of halogens is 1. The van der Waals surface area contributed by atoms with Crippen molar-refractivity contribution in [2.45, 2.75) is 6.42 Å². The number of amides is 1. The number of anilines is 1. The zero-order valence-corrected chi connectivity index (χ0v) is 11.3. The number of aromatic nitrogens is 1. The highest BCUT2D eigenvalue weighted by atomic mass is 19.1. The first kappa shape index (κ1) is 14.7. The summed E-state index contributed by atoms with van der Waals surface area (Å²) in [5.74, 6) is 4.54. The van der Waals surface area contributed by atoms with Crippen LogP contribution in [0.2, 0.25) is 0 Å². The predicted octanol–water partition coefficient (Wildman–Crippen LogP) is 1.71. The van der Waals surface area contributed by atoms with Gasteiger partial charge in [-0.25, -0.2) is 4.39 Å². The highest BCUT2D eigenvalue weighted by Crippen LogP contribution is 2.15. The minimum absolute atomic E-state index is 0.127. The van der Waals surface area contributed by atoms with Crippen LogP contribution in [0.1, 0.15) is 11.1 Å². The molecule has 2 rings (SSSR count). The van der Waals surface area contributed by atoms with Gasteiger partial charge in [-0.15, -0.1) is 0 Å². The lowest BCUT2D eigenvalue weighted by atomic mass is 10.1. The first-order valence-electron chi connectivity index (χ1n) is 6.36. The van der Waals surface area contributed by atoms with Gasteiger partial charge < -0.3 is 11.1 Å². The van der Waals surface area contributed by atoms with E-state index in [-0.39, 0.29) is 24.6 Å². The van der Waals surface area contributed by atoms with E-state index in [4.69, 9.17) is 5.73 Å². The molecule has 4 nitrogen and oxygen atoms in total. The number of hydrogen-bond donors (Lipinski definition) is 2. The number of nitrogens with two attached hydrogens (primary N) is 1. The number of carbonyl (C=O) groups excluding carboxylic acids is 1. The molecular formula is C16H14FN3O. The van der Waals surface area contributed by atoms with Crippen molar-refractivity contribution >= 4 is 11.6 Å². The summed E-state index contributed by atoms with van der Waals surface area (Å²) in [5.41, 5.74) is 6.66. The van der Waals surface area contributed by atoms with Gasteiger partial charge in [0, 0.05) is 18.0 Å². The zero-order chi connectivity index (χ0) is 15.1. The quantitative estimate of drug-likeness (QED) is 0.843. The molecule has 0 aliphatic heterocycles. The molecule has 21 heavy (non-hydrogen) atoms. The standard InChI is InChI=1S/C16H14FN3O/c17-14-9-12(3-1-7-18)5-6-15(14)20-16(21)10-13-4-2-8-19-11-13/h2,4-6,8-9,11H,7,10,18H2,(H,20,21). The molecule has 0 spiro atoms. The molecule has 2 aromatic rings. The van der Waals surface area contributed by atoms with Gasteiger partial charge in [0.1, 0.15) is 5.82 Å². The van der Waals surface area contributed by atoms with Crippen LogP contribution in [-0.2, 0) is 11.2 Å². The molecule has 1 aromatic carbocycles. The van der Waals surface area contributed by atoms with E-state index in [0.29, 0.717) is 5.56 Å². The molecule has 0 fully saturated rings. The number of carbonyl (C=O) groups is 1. The van der Waals surface area contributed by atoms with E-state index in [1.807, 2.05) is 0 Å². The molecule has 0 radical (unpaired) electrons. The van der Waals surface area contributed by atoms with Gasteiger partial charge in [-0.2, -0.15) is 0 Å². The summed E-state index contributed by atoms with van der Waals surface area (Å²) >= 11 is 0. The summed E-state index contributed by atoms with van der Waals surface area (Å²) < 4.78 is 13.9. The van der Waals surface area contributed by atoms with Crippen LogP contribution >= 0.6 is 0 Å². The van der Waals surface area contributed by atoms with Crippen molar-refractivity contribution in [3.63, 3.8) is 0 Å². The van der Waals surface area contributed by atoms with Gasteiger partial charge in [0.05, 0.1) is 18.7 Å². The third kappa shape index (κ3) is 4.41. The molecule has 106 valence electrons. The van der Waals surface area contributed by atoms with E-state index in [1.54, 1.807) is 30.6 Å². The Labute approximate surface area is 122 Å². The SMILES string of the molecule is NCC#Cc1ccc(NC(=O)Cc2cccnc2)c(F)c1. The van der Waals surface area contributed by atoms with Crippen LogP contribution in [-0.4, -0.2) is 17.4 Å². The normalized spacial score (nSPS) is 9.62. The summed E-state index contributed by atoms with van der Waals surface area (Å²) in [6.07, 6.45) is 3.37. The Balaban J connectivity index is 2.04. The van der Waals surface area contributed by atoms with Gasteiger partial charge in [-0.3, -0.25) is 9.78 Å².